The highest BCUT2D eigenvalue weighted by Crippen LogP contribution is 2.37. The van der Waals surface area contributed by atoms with E-state index in [0.29, 0.717) is 27.4 Å². The van der Waals surface area contributed by atoms with E-state index in [1.165, 1.54) is 0 Å². The second kappa shape index (κ2) is 9.52. The van der Waals surface area contributed by atoms with Crippen molar-refractivity contribution in [3.8, 4) is 22.5 Å². The molecule has 3 heterocycles. The molecule has 4 aromatic rings. The Hall–Kier alpha value is -3.29. The highest BCUT2D eigenvalue weighted by Gasteiger charge is 2.26. The maximum atomic E-state index is 13.2. The lowest BCUT2D eigenvalue weighted by molar-refractivity contribution is -0.133. The fraction of sp³-hybridized carbons (Fsp3) is 0.308. The number of carbonyl (C=O) groups excluding carboxylic acids is 1. The molecular formula is C26H27ClN6O. The van der Waals surface area contributed by atoms with Crippen LogP contribution in [0.3, 0.4) is 0 Å². The number of likely N-dealkylation sites (N-methyl/N-ethyl adjacent to an activating group) is 1. The molecule has 7 nitrogen and oxygen atoms in total. The minimum absolute atomic E-state index is 0.00335. The molecule has 174 valence electrons. The van der Waals surface area contributed by atoms with Gasteiger partial charge in [-0.3, -0.25) is 4.79 Å². The van der Waals surface area contributed by atoms with E-state index in [4.69, 9.17) is 16.7 Å². The third-order valence-electron chi connectivity index (χ3n) is 6.61. The lowest BCUT2D eigenvalue weighted by Gasteiger charge is -2.35. The molecule has 1 fully saturated rings. The minimum atomic E-state index is 0.00335. The van der Waals surface area contributed by atoms with Crippen LogP contribution in [0.2, 0.25) is 5.02 Å². The number of fused-ring (bicyclic) bond motifs is 1. The van der Waals surface area contributed by atoms with Gasteiger partial charge in [0.2, 0.25) is 5.91 Å². The number of carbonyl (C=O) groups is 1. The molecule has 0 unspecified atom stereocenters. The van der Waals surface area contributed by atoms with Gasteiger partial charge in [0.1, 0.15) is 17.9 Å². The second-order valence-electron chi connectivity index (χ2n) is 8.84. The van der Waals surface area contributed by atoms with Crippen molar-refractivity contribution in [2.24, 2.45) is 0 Å². The number of nitrogens with zero attached hydrogens (tertiary/aromatic N) is 6. The summed E-state index contributed by atoms with van der Waals surface area (Å²) < 4.78 is 1.64. The van der Waals surface area contributed by atoms with Crippen LogP contribution in [0.15, 0.2) is 60.7 Å². The van der Waals surface area contributed by atoms with E-state index in [2.05, 4.69) is 22.1 Å². The summed E-state index contributed by atoms with van der Waals surface area (Å²) in [5.74, 6) is 0.00335. The zero-order valence-corrected chi connectivity index (χ0v) is 20.1. The number of rotatable bonds is 5. The van der Waals surface area contributed by atoms with Crippen molar-refractivity contribution in [2.75, 3.05) is 27.2 Å². The topological polar surface area (TPSA) is 67.2 Å². The fourth-order valence-corrected chi connectivity index (χ4v) is 4.85. The van der Waals surface area contributed by atoms with Crippen molar-refractivity contribution in [1.82, 2.24) is 29.8 Å². The summed E-state index contributed by atoms with van der Waals surface area (Å²) in [5.41, 5.74) is 3.60. The van der Waals surface area contributed by atoms with E-state index in [9.17, 15) is 4.79 Å². The van der Waals surface area contributed by atoms with Gasteiger partial charge in [0.15, 0.2) is 5.65 Å². The predicted octanol–water partition coefficient (Wildman–Crippen LogP) is 4.37. The maximum absolute atomic E-state index is 13.2. The Morgan fingerprint density at radius 2 is 1.56 bits per heavy atom. The SMILES string of the molecule is CN1CCC(N(C)C(=O)Cn2nc(-c3ccccc3)c3c(Cl)c(-c4ccccc4)nnc32)CC1. The molecule has 0 aliphatic carbocycles. The summed E-state index contributed by atoms with van der Waals surface area (Å²) in [6.45, 7) is 2.07. The molecule has 2 aromatic carbocycles. The summed E-state index contributed by atoms with van der Waals surface area (Å²) in [6.07, 6.45) is 1.94. The van der Waals surface area contributed by atoms with Crippen molar-refractivity contribution in [3.05, 3.63) is 65.7 Å². The average Bonchev–Trinajstić information content (AvgIpc) is 3.24. The molecule has 0 N–H and O–H groups in total. The van der Waals surface area contributed by atoms with Crippen LogP contribution in [-0.2, 0) is 11.3 Å². The molecule has 1 aliphatic heterocycles. The molecule has 1 aliphatic rings. The van der Waals surface area contributed by atoms with E-state index >= 15 is 0 Å². The van der Waals surface area contributed by atoms with Crippen LogP contribution in [0.5, 0.6) is 0 Å². The molecule has 0 atom stereocenters. The lowest BCUT2D eigenvalue weighted by atomic mass is 10.0. The third kappa shape index (κ3) is 4.29. The number of hydrogen-bond donors (Lipinski definition) is 0. The van der Waals surface area contributed by atoms with Crippen molar-refractivity contribution in [1.29, 1.82) is 0 Å². The van der Waals surface area contributed by atoms with Gasteiger partial charge in [0.25, 0.3) is 0 Å². The minimum Gasteiger partial charge on any atom is -0.341 e. The summed E-state index contributed by atoms with van der Waals surface area (Å²) in [7, 11) is 4.00. The summed E-state index contributed by atoms with van der Waals surface area (Å²) in [6, 6.07) is 19.8. The predicted molar refractivity (Wildman–Crippen MR) is 134 cm³/mol. The molecule has 0 radical (unpaired) electrons. The number of aromatic nitrogens is 4. The van der Waals surface area contributed by atoms with Crippen LogP contribution < -0.4 is 0 Å². The lowest BCUT2D eigenvalue weighted by Crippen LogP contribution is -2.45. The summed E-state index contributed by atoms with van der Waals surface area (Å²) in [4.78, 5) is 17.4. The van der Waals surface area contributed by atoms with Gasteiger partial charge >= 0.3 is 0 Å². The molecule has 2 aromatic heterocycles. The molecule has 1 amide bonds. The molecule has 34 heavy (non-hydrogen) atoms. The third-order valence-corrected chi connectivity index (χ3v) is 6.97. The second-order valence-corrected chi connectivity index (χ2v) is 9.22. The van der Waals surface area contributed by atoms with E-state index < -0.39 is 0 Å². The Bertz CT molecular complexity index is 1300. The highest BCUT2D eigenvalue weighted by molar-refractivity contribution is 6.38. The van der Waals surface area contributed by atoms with Gasteiger partial charge in [-0.1, -0.05) is 72.3 Å². The Labute approximate surface area is 204 Å². The van der Waals surface area contributed by atoms with Gasteiger partial charge in [0.05, 0.1) is 10.4 Å². The normalized spacial score (nSPS) is 15.0. The van der Waals surface area contributed by atoms with Crippen molar-refractivity contribution >= 4 is 28.5 Å². The molecule has 8 heteroatoms. The standard InChI is InChI=1S/C26H27ClN6O/c1-31-15-13-20(14-16-31)32(2)21(34)17-33-26-22(24(30-33)18-9-5-3-6-10-18)23(27)25(28-29-26)19-11-7-4-8-12-19/h3-12,20H,13-17H2,1-2H3. The largest absolute Gasteiger partial charge is 0.341 e. The number of hydrogen-bond acceptors (Lipinski definition) is 5. The number of likely N-dealkylation sites (tertiary alicyclic amines) is 1. The fourth-order valence-electron chi connectivity index (χ4n) is 4.53. The van der Waals surface area contributed by atoms with Crippen molar-refractivity contribution < 1.29 is 4.79 Å². The molecule has 0 spiro atoms. The Morgan fingerprint density at radius 1 is 0.971 bits per heavy atom. The number of piperidine rings is 1. The summed E-state index contributed by atoms with van der Waals surface area (Å²) >= 11 is 6.92. The van der Waals surface area contributed by atoms with Gasteiger partial charge in [-0.05, 0) is 33.0 Å². The first kappa shape index (κ1) is 22.5. The maximum Gasteiger partial charge on any atom is 0.244 e. The van der Waals surface area contributed by atoms with Crippen LogP contribution in [0.1, 0.15) is 12.8 Å². The number of halogens is 1. The van der Waals surface area contributed by atoms with Gasteiger partial charge in [-0.15, -0.1) is 10.2 Å². The van der Waals surface area contributed by atoms with Crippen LogP contribution in [0.25, 0.3) is 33.5 Å². The Kier molecular flexibility index (Phi) is 6.30. The average molecular weight is 475 g/mol. The zero-order valence-electron chi connectivity index (χ0n) is 19.4. The first-order chi connectivity index (χ1) is 16.5. The molecule has 5 rings (SSSR count). The Balaban J connectivity index is 1.55. The van der Waals surface area contributed by atoms with Crippen LogP contribution in [-0.4, -0.2) is 68.9 Å². The first-order valence-electron chi connectivity index (χ1n) is 11.5. The zero-order chi connectivity index (χ0) is 23.7. The van der Waals surface area contributed by atoms with Gasteiger partial charge in [0, 0.05) is 24.2 Å². The van der Waals surface area contributed by atoms with E-state index in [1.54, 1.807) is 4.68 Å². The monoisotopic (exact) mass is 474 g/mol. The van der Waals surface area contributed by atoms with Crippen LogP contribution in [0, 0.1) is 0 Å². The first-order valence-corrected chi connectivity index (χ1v) is 11.9. The van der Waals surface area contributed by atoms with Gasteiger partial charge in [-0.2, -0.15) is 5.10 Å². The number of amides is 1. The van der Waals surface area contributed by atoms with Crippen LogP contribution >= 0.6 is 11.6 Å². The van der Waals surface area contributed by atoms with E-state index in [1.807, 2.05) is 72.6 Å². The number of benzene rings is 2. The highest BCUT2D eigenvalue weighted by atomic mass is 35.5. The van der Waals surface area contributed by atoms with Gasteiger partial charge in [-0.25, -0.2) is 4.68 Å². The quantitative estimate of drug-likeness (QED) is 0.429. The van der Waals surface area contributed by atoms with E-state index in [-0.39, 0.29) is 18.5 Å². The Morgan fingerprint density at radius 3 is 2.18 bits per heavy atom. The molecule has 0 saturated carbocycles. The van der Waals surface area contributed by atoms with Crippen LogP contribution in [0.4, 0.5) is 0 Å². The van der Waals surface area contributed by atoms with Gasteiger partial charge < -0.3 is 9.80 Å². The molecule has 1 saturated heterocycles. The van der Waals surface area contributed by atoms with Crippen molar-refractivity contribution in [3.63, 3.8) is 0 Å². The molecule has 0 bridgehead atoms. The van der Waals surface area contributed by atoms with E-state index in [0.717, 1.165) is 37.1 Å². The van der Waals surface area contributed by atoms with Crippen molar-refractivity contribution in [2.45, 2.75) is 25.4 Å². The smallest absolute Gasteiger partial charge is 0.244 e. The summed E-state index contributed by atoms with van der Waals surface area (Å²) in [5, 5.41) is 14.9. The molecular weight excluding hydrogens is 448 g/mol.